The maximum Gasteiger partial charge on any atom is 0.339 e. The molecule has 3 aromatic rings. The maximum atomic E-state index is 12.6. The predicted octanol–water partition coefficient (Wildman–Crippen LogP) is 4.35. The highest BCUT2D eigenvalue weighted by atomic mass is 16.5. The molecule has 3 rings (SSSR count). The van der Waals surface area contributed by atoms with E-state index in [2.05, 4.69) is 10.6 Å². The van der Waals surface area contributed by atoms with Crippen molar-refractivity contribution in [3.05, 3.63) is 83.9 Å². The summed E-state index contributed by atoms with van der Waals surface area (Å²) in [6.07, 6.45) is 0. The number of carbonyl (C=O) groups is 3. The molecule has 6 nitrogen and oxygen atoms in total. The number of amides is 2. The summed E-state index contributed by atoms with van der Waals surface area (Å²) >= 11 is 0. The Hall–Kier alpha value is -3.93. The first-order valence-corrected chi connectivity index (χ1v) is 8.94. The van der Waals surface area contributed by atoms with Crippen LogP contribution in [0.2, 0.25) is 0 Å². The molecule has 0 saturated heterocycles. The number of hydrogen-bond donors (Lipinski definition) is 2. The van der Waals surface area contributed by atoms with Gasteiger partial charge in [-0.05, 0) is 47.5 Å². The molecule has 0 fully saturated rings. The van der Waals surface area contributed by atoms with Crippen molar-refractivity contribution in [2.75, 3.05) is 17.7 Å². The molecule has 6 heteroatoms. The van der Waals surface area contributed by atoms with Crippen molar-refractivity contribution < 1.29 is 19.1 Å². The van der Waals surface area contributed by atoms with Crippen LogP contribution in [0.25, 0.3) is 11.1 Å². The second-order valence-corrected chi connectivity index (χ2v) is 6.33. The number of anilines is 2. The van der Waals surface area contributed by atoms with Crippen molar-refractivity contribution >= 4 is 29.2 Å². The lowest BCUT2D eigenvalue weighted by Gasteiger charge is -2.13. The van der Waals surface area contributed by atoms with Crippen LogP contribution in [0.3, 0.4) is 0 Å². The van der Waals surface area contributed by atoms with Crippen LogP contribution in [0.5, 0.6) is 0 Å². The average molecular weight is 388 g/mol. The minimum absolute atomic E-state index is 0.147. The highest BCUT2D eigenvalue weighted by Crippen LogP contribution is 2.28. The fraction of sp³-hybridized carbons (Fsp3) is 0.0870. The molecule has 3 aromatic carbocycles. The van der Waals surface area contributed by atoms with Gasteiger partial charge in [-0.1, -0.05) is 36.4 Å². The van der Waals surface area contributed by atoms with Gasteiger partial charge in [-0.2, -0.15) is 0 Å². The van der Waals surface area contributed by atoms with Gasteiger partial charge in [0.05, 0.1) is 18.4 Å². The van der Waals surface area contributed by atoms with Gasteiger partial charge in [0.2, 0.25) is 5.91 Å². The molecule has 2 N–H and O–H groups in total. The molecule has 2 amide bonds. The zero-order valence-corrected chi connectivity index (χ0v) is 16.1. The monoisotopic (exact) mass is 388 g/mol. The van der Waals surface area contributed by atoms with Crippen LogP contribution in [0, 0.1) is 0 Å². The lowest BCUT2D eigenvalue weighted by atomic mass is 10.0. The van der Waals surface area contributed by atoms with Crippen LogP contribution in [0.15, 0.2) is 72.8 Å². The van der Waals surface area contributed by atoms with Crippen molar-refractivity contribution in [3.8, 4) is 11.1 Å². The molecule has 0 atom stereocenters. The number of methoxy groups -OCH3 is 1. The Morgan fingerprint density at radius 3 is 2.07 bits per heavy atom. The zero-order valence-electron chi connectivity index (χ0n) is 16.1. The third-order valence-corrected chi connectivity index (χ3v) is 4.25. The molecule has 146 valence electrons. The van der Waals surface area contributed by atoms with Gasteiger partial charge >= 0.3 is 5.97 Å². The van der Waals surface area contributed by atoms with Crippen LogP contribution < -0.4 is 10.6 Å². The highest BCUT2D eigenvalue weighted by Gasteiger charge is 2.16. The number of ether oxygens (including phenoxy) is 1. The van der Waals surface area contributed by atoms with E-state index in [-0.39, 0.29) is 17.4 Å². The average Bonchev–Trinajstić information content (AvgIpc) is 2.74. The predicted molar refractivity (Wildman–Crippen MR) is 112 cm³/mol. The maximum absolute atomic E-state index is 12.6. The van der Waals surface area contributed by atoms with Crippen molar-refractivity contribution in [2.45, 2.75) is 6.92 Å². The van der Waals surface area contributed by atoms with Crippen LogP contribution in [0.1, 0.15) is 27.6 Å². The van der Waals surface area contributed by atoms with E-state index in [0.29, 0.717) is 16.9 Å². The van der Waals surface area contributed by atoms with E-state index < -0.39 is 5.97 Å². The van der Waals surface area contributed by atoms with Crippen molar-refractivity contribution in [1.82, 2.24) is 0 Å². The molecule has 0 aliphatic heterocycles. The topological polar surface area (TPSA) is 84.5 Å². The van der Waals surface area contributed by atoms with Gasteiger partial charge in [0, 0.05) is 18.2 Å². The molecule has 0 aromatic heterocycles. The summed E-state index contributed by atoms with van der Waals surface area (Å²) in [6.45, 7) is 1.45. The number of esters is 1. The normalized spacial score (nSPS) is 10.1. The number of rotatable bonds is 5. The Bertz CT molecular complexity index is 1040. The third-order valence-electron chi connectivity index (χ3n) is 4.25. The zero-order chi connectivity index (χ0) is 20.8. The van der Waals surface area contributed by atoms with Gasteiger partial charge in [-0.15, -0.1) is 0 Å². The Kier molecular flexibility index (Phi) is 6.04. The van der Waals surface area contributed by atoms with E-state index >= 15 is 0 Å². The molecular formula is C23H20N2O4. The second-order valence-electron chi connectivity index (χ2n) is 6.33. The summed E-state index contributed by atoms with van der Waals surface area (Å²) in [5.74, 6) is -1.01. The number of hydrogen-bond acceptors (Lipinski definition) is 4. The van der Waals surface area contributed by atoms with Gasteiger partial charge in [0.25, 0.3) is 5.91 Å². The van der Waals surface area contributed by atoms with Crippen LogP contribution in [-0.2, 0) is 9.53 Å². The molecule has 0 heterocycles. The quantitative estimate of drug-likeness (QED) is 0.637. The highest BCUT2D eigenvalue weighted by molar-refractivity contribution is 6.08. The summed E-state index contributed by atoms with van der Waals surface area (Å²) in [5, 5.41) is 5.51. The fourth-order valence-electron chi connectivity index (χ4n) is 2.85. The van der Waals surface area contributed by atoms with Crippen LogP contribution in [-0.4, -0.2) is 24.9 Å². The molecule has 0 unspecified atom stereocenters. The first-order chi connectivity index (χ1) is 14.0. The van der Waals surface area contributed by atoms with E-state index in [4.69, 9.17) is 4.74 Å². The first kappa shape index (κ1) is 19.8. The van der Waals surface area contributed by atoms with E-state index in [1.807, 2.05) is 18.2 Å². The van der Waals surface area contributed by atoms with Crippen molar-refractivity contribution in [3.63, 3.8) is 0 Å². The minimum Gasteiger partial charge on any atom is -0.465 e. The Morgan fingerprint density at radius 2 is 1.45 bits per heavy atom. The van der Waals surface area contributed by atoms with Gasteiger partial charge in [-0.3, -0.25) is 9.59 Å². The van der Waals surface area contributed by atoms with Gasteiger partial charge in [0.15, 0.2) is 0 Å². The summed E-state index contributed by atoms with van der Waals surface area (Å²) in [5.41, 5.74) is 3.45. The summed E-state index contributed by atoms with van der Waals surface area (Å²) < 4.78 is 4.83. The Morgan fingerprint density at radius 1 is 0.793 bits per heavy atom. The van der Waals surface area contributed by atoms with Crippen molar-refractivity contribution in [1.29, 1.82) is 0 Å². The molecule has 0 aliphatic rings. The van der Waals surface area contributed by atoms with E-state index in [9.17, 15) is 14.4 Å². The van der Waals surface area contributed by atoms with Gasteiger partial charge < -0.3 is 15.4 Å². The molecule has 29 heavy (non-hydrogen) atoms. The van der Waals surface area contributed by atoms with E-state index in [1.54, 1.807) is 54.6 Å². The van der Waals surface area contributed by atoms with Crippen molar-refractivity contribution in [2.24, 2.45) is 0 Å². The van der Waals surface area contributed by atoms with Crippen LogP contribution >= 0.6 is 0 Å². The number of nitrogens with one attached hydrogen (secondary N) is 2. The third kappa shape index (κ3) is 4.87. The summed E-state index contributed by atoms with van der Waals surface area (Å²) in [6, 6.07) is 21.1. The standard InChI is InChI=1S/C23H20N2O4/c1-15(26)24-19-11-8-16(9-12-19)18-10-13-20(23(28)29-2)21(14-18)25-22(27)17-6-4-3-5-7-17/h3-14H,1-2H3,(H,24,26)(H,25,27). The molecule has 0 aliphatic carbocycles. The Balaban J connectivity index is 1.94. The number of benzene rings is 3. The molecule has 0 bridgehead atoms. The molecular weight excluding hydrogens is 368 g/mol. The molecule has 0 radical (unpaired) electrons. The smallest absolute Gasteiger partial charge is 0.339 e. The van der Waals surface area contributed by atoms with E-state index in [0.717, 1.165) is 11.1 Å². The minimum atomic E-state index is -0.541. The summed E-state index contributed by atoms with van der Waals surface area (Å²) in [7, 11) is 1.29. The fourth-order valence-corrected chi connectivity index (χ4v) is 2.85. The van der Waals surface area contributed by atoms with Crippen LogP contribution in [0.4, 0.5) is 11.4 Å². The first-order valence-electron chi connectivity index (χ1n) is 8.94. The van der Waals surface area contributed by atoms with Gasteiger partial charge in [0.1, 0.15) is 0 Å². The Labute approximate surface area is 168 Å². The lowest BCUT2D eigenvalue weighted by molar-refractivity contribution is -0.114. The molecule has 0 spiro atoms. The van der Waals surface area contributed by atoms with Gasteiger partial charge in [-0.25, -0.2) is 4.79 Å². The SMILES string of the molecule is COC(=O)c1ccc(-c2ccc(NC(C)=O)cc2)cc1NC(=O)c1ccccc1. The second kappa shape index (κ2) is 8.84. The molecule has 0 saturated carbocycles. The summed E-state index contributed by atoms with van der Waals surface area (Å²) in [4.78, 5) is 35.9. The number of carbonyl (C=O) groups excluding carboxylic acids is 3. The lowest BCUT2D eigenvalue weighted by Crippen LogP contribution is -2.15. The van der Waals surface area contributed by atoms with E-state index in [1.165, 1.54) is 14.0 Å². The largest absolute Gasteiger partial charge is 0.465 e.